The summed E-state index contributed by atoms with van der Waals surface area (Å²) in [5, 5.41) is 0. The molecular formula is C10H14ClNO3. The Morgan fingerprint density at radius 3 is 2.93 bits per heavy atom. The molecule has 0 saturated carbocycles. The second-order valence-electron chi connectivity index (χ2n) is 3.61. The number of ether oxygens (including phenoxy) is 2. The van der Waals surface area contributed by atoms with Crippen LogP contribution in [-0.4, -0.2) is 24.8 Å². The maximum atomic E-state index is 5.59. The van der Waals surface area contributed by atoms with Crippen LogP contribution in [-0.2, 0) is 10.6 Å². The van der Waals surface area contributed by atoms with E-state index in [0.717, 1.165) is 26.1 Å². The van der Waals surface area contributed by atoms with Crippen LogP contribution in [0.15, 0.2) is 10.7 Å². The second kappa shape index (κ2) is 5.37. The van der Waals surface area contributed by atoms with E-state index in [9.17, 15) is 0 Å². The summed E-state index contributed by atoms with van der Waals surface area (Å²) in [4.78, 5) is 4.06. The van der Waals surface area contributed by atoms with Crippen molar-refractivity contribution in [2.75, 3.05) is 19.8 Å². The van der Waals surface area contributed by atoms with Crippen LogP contribution in [0.1, 0.15) is 18.5 Å². The Kier molecular flexibility index (Phi) is 3.86. The number of halogens is 1. The van der Waals surface area contributed by atoms with Gasteiger partial charge in [-0.1, -0.05) is 0 Å². The van der Waals surface area contributed by atoms with E-state index < -0.39 is 0 Å². The van der Waals surface area contributed by atoms with E-state index in [1.54, 1.807) is 0 Å². The molecule has 0 N–H and O–H groups in total. The summed E-state index contributed by atoms with van der Waals surface area (Å²) in [5.41, 5.74) is 0.707. The molecule has 0 unspecified atom stereocenters. The normalized spacial score (nSPS) is 17.9. The zero-order chi connectivity index (χ0) is 10.5. The van der Waals surface area contributed by atoms with Crippen molar-refractivity contribution >= 4 is 11.6 Å². The van der Waals surface area contributed by atoms with Gasteiger partial charge >= 0.3 is 6.08 Å². The van der Waals surface area contributed by atoms with Gasteiger partial charge in [0.25, 0.3) is 0 Å². The minimum atomic E-state index is 0.317. The van der Waals surface area contributed by atoms with Crippen LogP contribution < -0.4 is 4.74 Å². The summed E-state index contributed by atoms with van der Waals surface area (Å²) in [5.74, 6) is 0.898. The Balaban J connectivity index is 1.76. The van der Waals surface area contributed by atoms with Crippen LogP contribution in [0.3, 0.4) is 0 Å². The summed E-state index contributed by atoms with van der Waals surface area (Å²) in [6.45, 7) is 2.30. The van der Waals surface area contributed by atoms with Gasteiger partial charge in [-0.05, 0) is 18.8 Å². The first-order valence-corrected chi connectivity index (χ1v) is 5.63. The van der Waals surface area contributed by atoms with Crippen LogP contribution in [0.4, 0.5) is 0 Å². The van der Waals surface area contributed by atoms with Crippen molar-refractivity contribution in [1.82, 2.24) is 4.98 Å². The van der Waals surface area contributed by atoms with Crippen molar-refractivity contribution in [1.29, 1.82) is 0 Å². The number of aromatic nitrogens is 1. The van der Waals surface area contributed by atoms with E-state index in [2.05, 4.69) is 4.98 Å². The highest BCUT2D eigenvalue weighted by molar-refractivity contribution is 6.16. The summed E-state index contributed by atoms with van der Waals surface area (Å²) < 4.78 is 15.8. The zero-order valence-electron chi connectivity index (χ0n) is 8.45. The Morgan fingerprint density at radius 1 is 1.47 bits per heavy atom. The standard InChI is InChI=1S/C10H14ClNO3/c11-5-9-7-15-10(12-9)14-6-8-1-3-13-4-2-8/h7-8H,1-6H2. The number of hydrogen-bond donors (Lipinski definition) is 0. The van der Waals surface area contributed by atoms with E-state index in [1.165, 1.54) is 6.26 Å². The average Bonchev–Trinajstić information content (AvgIpc) is 2.76. The molecule has 1 fully saturated rings. The van der Waals surface area contributed by atoms with E-state index in [0.29, 0.717) is 30.2 Å². The molecule has 1 aromatic heterocycles. The number of rotatable bonds is 4. The third-order valence-electron chi connectivity index (χ3n) is 2.45. The molecule has 0 amide bonds. The van der Waals surface area contributed by atoms with Gasteiger partial charge in [0.1, 0.15) is 6.26 Å². The zero-order valence-corrected chi connectivity index (χ0v) is 9.20. The topological polar surface area (TPSA) is 44.5 Å². The maximum absolute atomic E-state index is 5.59. The summed E-state index contributed by atoms with van der Waals surface area (Å²) in [6, 6.07) is 0. The summed E-state index contributed by atoms with van der Waals surface area (Å²) >= 11 is 5.59. The number of oxazole rings is 1. The minimum absolute atomic E-state index is 0.317. The Bertz CT molecular complexity index is 297. The summed E-state index contributed by atoms with van der Waals surface area (Å²) in [6.07, 6.45) is 3.93. The largest absolute Gasteiger partial charge is 0.450 e. The van der Waals surface area contributed by atoms with Crippen molar-refractivity contribution in [3.8, 4) is 6.08 Å². The van der Waals surface area contributed by atoms with Gasteiger partial charge in [0.2, 0.25) is 0 Å². The Hall–Kier alpha value is -0.740. The van der Waals surface area contributed by atoms with E-state index in [1.807, 2.05) is 0 Å². The van der Waals surface area contributed by atoms with Crippen molar-refractivity contribution in [3.63, 3.8) is 0 Å². The molecule has 0 bridgehead atoms. The molecule has 4 nitrogen and oxygen atoms in total. The van der Waals surface area contributed by atoms with Crippen molar-refractivity contribution in [3.05, 3.63) is 12.0 Å². The molecule has 1 saturated heterocycles. The third-order valence-corrected chi connectivity index (χ3v) is 2.72. The lowest BCUT2D eigenvalue weighted by Gasteiger charge is -2.20. The monoisotopic (exact) mass is 231 g/mol. The fraction of sp³-hybridized carbons (Fsp3) is 0.700. The predicted octanol–water partition coefficient (Wildman–Crippen LogP) is 2.22. The van der Waals surface area contributed by atoms with Crippen LogP contribution in [0.5, 0.6) is 6.08 Å². The highest BCUT2D eigenvalue weighted by atomic mass is 35.5. The first-order chi connectivity index (χ1) is 7.38. The van der Waals surface area contributed by atoms with Crippen LogP contribution in [0.25, 0.3) is 0 Å². The van der Waals surface area contributed by atoms with Crippen LogP contribution in [0.2, 0.25) is 0 Å². The lowest BCUT2D eigenvalue weighted by atomic mass is 10.0. The first kappa shape index (κ1) is 10.8. The minimum Gasteiger partial charge on any atom is -0.450 e. The van der Waals surface area contributed by atoms with Crippen LogP contribution >= 0.6 is 11.6 Å². The first-order valence-electron chi connectivity index (χ1n) is 5.09. The van der Waals surface area contributed by atoms with Gasteiger partial charge in [0, 0.05) is 13.2 Å². The number of nitrogens with zero attached hydrogens (tertiary/aromatic N) is 1. The fourth-order valence-corrected chi connectivity index (χ4v) is 1.64. The molecule has 0 aliphatic carbocycles. The Morgan fingerprint density at radius 2 is 2.27 bits per heavy atom. The average molecular weight is 232 g/mol. The van der Waals surface area contributed by atoms with Crippen molar-refractivity contribution in [2.24, 2.45) is 5.92 Å². The molecule has 1 aromatic rings. The predicted molar refractivity (Wildman–Crippen MR) is 55.1 cm³/mol. The molecule has 15 heavy (non-hydrogen) atoms. The third kappa shape index (κ3) is 3.11. The highest BCUT2D eigenvalue weighted by Gasteiger charge is 2.15. The molecule has 5 heteroatoms. The van der Waals surface area contributed by atoms with E-state index in [-0.39, 0.29) is 0 Å². The van der Waals surface area contributed by atoms with E-state index in [4.69, 9.17) is 25.5 Å². The summed E-state index contributed by atoms with van der Waals surface area (Å²) in [7, 11) is 0. The number of hydrogen-bond acceptors (Lipinski definition) is 4. The quantitative estimate of drug-likeness (QED) is 0.746. The van der Waals surface area contributed by atoms with Gasteiger partial charge in [-0.3, -0.25) is 0 Å². The van der Waals surface area contributed by atoms with Gasteiger partial charge in [-0.15, -0.1) is 11.6 Å². The van der Waals surface area contributed by atoms with Gasteiger partial charge in [-0.2, -0.15) is 4.98 Å². The molecule has 2 heterocycles. The second-order valence-corrected chi connectivity index (χ2v) is 3.87. The molecule has 2 rings (SSSR count). The van der Waals surface area contributed by atoms with Crippen molar-refractivity contribution < 1.29 is 13.9 Å². The molecule has 0 radical (unpaired) electrons. The number of alkyl halides is 1. The lowest BCUT2D eigenvalue weighted by Crippen LogP contribution is -2.21. The van der Waals surface area contributed by atoms with Gasteiger partial charge in [-0.25, -0.2) is 0 Å². The van der Waals surface area contributed by atoms with Gasteiger partial charge < -0.3 is 13.9 Å². The van der Waals surface area contributed by atoms with Gasteiger partial charge in [0.15, 0.2) is 0 Å². The maximum Gasteiger partial charge on any atom is 0.393 e. The molecule has 0 aromatic carbocycles. The molecule has 84 valence electrons. The van der Waals surface area contributed by atoms with Gasteiger partial charge in [0.05, 0.1) is 18.2 Å². The molecular weight excluding hydrogens is 218 g/mol. The fourth-order valence-electron chi connectivity index (χ4n) is 1.52. The molecule has 0 atom stereocenters. The highest BCUT2D eigenvalue weighted by Crippen LogP contribution is 2.17. The smallest absolute Gasteiger partial charge is 0.393 e. The Labute approximate surface area is 93.5 Å². The SMILES string of the molecule is ClCc1coc(OCC2CCOCC2)n1. The van der Waals surface area contributed by atoms with E-state index >= 15 is 0 Å². The molecule has 0 spiro atoms. The lowest BCUT2D eigenvalue weighted by molar-refractivity contribution is 0.0445. The van der Waals surface area contributed by atoms with Crippen molar-refractivity contribution in [2.45, 2.75) is 18.7 Å². The van der Waals surface area contributed by atoms with Crippen LogP contribution in [0, 0.1) is 5.92 Å². The molecule has 1 aliphatic heterocycles. The molecule has 1 aliphatic rings.